The van der Waals surface area contributed by atoms with Gasteiger partial charge in [0.05, 0.1) is 0 Å². The highest BCUT2D eigenvalue weighted by Gasteiger charge is 2.11. The molecule has 25 heavy (non-hydrogen) atoms. The third-order valence-electron chi connectivity index (χ3n) is 3.74. The van der Waals surface area contributed by atoms with Crippen molar-refractivity contribution in [3.8, 4) is 5.75 Å². The molecule has 0 aromatic heterocycles. The Morgan fingerprint density at radius 1 is 1.04 bits per heavy atom. The predicted octanol–water partition coefficient (Wildman–Crippen LogP) is 3.83. The lowest BCUT2D eigenvalue weighted by atomic mass is 10.1. The lowest BCUT2D eigenvalue weighted by Crippen LogP contribution is -2.24. The maximum absolute atomic E-state index is 11.9. The second-order valence-electron chi connectivity index (χ2n) is 5.65. The fraction of sp³-hybridized carbons (Fsp3) is 0.263. The van der Waals surface area contributed by atoms with E-state index in [2.05, 4.69) is 5.32 Å². The molecule has 0 aliphatic rings. The molecule has 6 heteroatoms. The van der Waals surface area contributed by atoms with Gasteiger partial charge in [0.2, 0.25) is 0 Å². The number of nitrogens with one attached hydrogen (secondary N) is 1. The van der Waals surface area contributed by atoms with Crippen LogP contribution in [0.3, 0.4) is 0 Å². The summed E-state index contributed by atoms with van der Waals surface area (Å²) in [7, 11) is 0. The van der Waals surface area contributed by atoms with Gasteiger partial charge in [-0.15, -0.1) is 0 Å². The molecule has 1 amide bonds. The fourth-order valence-corrected chi connectivity index (χ4v) is 2.29. The molecular formula is C19H20ClNO4. The van der Waals surface area contributed by atoms with Crippen LogP contribution in [0.25, 0.3) is 0 Å². The zero-order valence-electron chi connectivity index (χ0n) is 14.4. The minimum absolute atomic E-state index is 0.256. The van der Waals surface area contributed by atoms with Crippen LogP contribution in [0.5, 0.6) is 5.75 Å². The van der Waals surface area contributed by atoms with Crippen molar-refractivity contribution in [2.45, 2.75) is 20.8 Å². The first-order chi connectivity index (χ1) is 11.9. The lowest BCUT2D eigenvalue weighted by Gasteiger charge is -2.11. The predicted molar refractivity (Wildman–Crippen MR) is 97.2 cm³/mol. The maximum atomic E-state index is 11.9. The third kappa shape index (κ3) is 5.50. The summed E-state index contributed by atoms with van der Waals surface area (Å²) in [6.45, 7) is 5.07. The van der Waals surface area contributed by atoms with Gasteiger partial charge >= 0.3 is 5.97 Å². The van der Waals surface area contributed by atoms with Crippen LogP contribution in [0, 0.1) is 20.8 Å². The van der Waals surface area contributed by atoms with Crippen molar-refractivity contribution < 1.29 is 19.1 Å². The molecule has 0 saturated heterocycles. The lowest BCUT2D eigenvalue weighted by molar-refractivity contribution is -0.149. The summed E-state index contributed by atoms with van der Waals surface area (Å²) < 4.78 is 10.4. The van der Waals surface area contributed by atoms with Crippen LogP contribution in [-0.2, 0) is 14.3 Å². The van der Waals surface area contributed by atoms with Gasteiger partial charge in [-0.25, -0.2) is 4.79 Å². The van der Waals surface area contributed by atoms with Gasteiger partial charge in [-0.3, -0.25) is 4.79 Å². The first-order valence-electron chi connectivity index (χ1n) is 7.77. The summed E-state index contributed by atoms with van der Waals surface area (Å²) in [5.74, 6) is -0.430. The number of benzene rings is 2. The minimum Gasteiger partial charge on any atom is -0.482 e. The van der Waals surface area contributed by atoms with E-state index in [1.807, 2.05) is 32.9 Å². The zero-order chi connectivity index (χ0) is 18.4. The van der Waals surface area contributed by atoms with E-state index in [1.54, 1.807) is 24.3 Å². The van der Waals surface area contributed by atoms with Crippen LogP contribution < -0.4 is 10.1 Å². The molecule has 5 nitrogen and oxygen atoms in total. The summed E-state index contributed by atoms with van der Waals surface area (Å²) in [5.41, 5.74) is 3.48. The summed E-state index contributed by atoms with van der Waals surface area (Å²) in [5, 5.41) is 3.17. The van der Waals surface area contributed by atoms with E-state index in [1.165, 1.54) is 0 Å². The van der Waals surface area contributed by atoms with Crippen molar-refractivity contribution in [3.05, 3.63) is 58.1 Å². The Balaban J connectivity index is 1.80. The summed E-state index contributed by atoms with van der Waals surface area (Å²) in [6.07, 6.45) is 0. The highest BCUT2D eigenvalue weighted by atomic mass is 35.5. The fourth-order valence-electron chi connectivity index (χ4n) is 2.12. The van der Waals surface area contributed by atoms with E-state index in [4.69, 9.17) is 21.1 Å². The molecule has 1 N–H and O–H groups in total. The minimum atomic E-state index is -0.612. The van der Waals surface area contributed by atoms with Crippen LogP contribution in [0.1, 0.15) is 16.7 Å². The molecular weight excluding hydrogens is 342 g/mol. The summed E-state index contributed by atoms with van der Waals surface area (Å²) in [4.78, 5) is 23.6. The molecule has 0 spiro atoms. The smallest absolute Gasteiger partial charge is 0.344 e. The number of esters is 1. The molecule has 0 heterocycles. The van der Waals surface area contributed by atoms with Crippen molar-refractivity contribution >= 4 is 29.2 Å². The molecule has 0 saturated carbocycles. The standard InChI is InChI=1S/C19H20ClNO4/c1-12-5-4-6-17(14(12)3)24-11-19(23)25-10-18(22)21-16-9-15(20)8-7-13(16)2/h4-9H,10-11H2,1-3H3,(H,21,22). The number of ether oxygens (including phenoxy) is 2. The quantitative estimate of drug-likeness (QED) is 0.794. The molecule has 2 aromatic carbocycles. The molecule has 0 aliphatic carbocycles. The van der Waals surface area contributed by atoms with E-state index in [9.17, 15) is 9.59 Å². The topological polar surface area (TPSA) is 64.6 Å². The molecule has 0 radical (unpaired) electrons. The van der Waals surface area contributed by atoms with Crippen LogP contribution in [0.15, 0.2) is 36.4 Å². The van der Waals surface area contributed by atoms with Crippen LogP contribution in [0.2, 0.25) is 5.02 Å². The Morgan fingerprint density at radius 3 is 2.56 bits per heavy atom. The number of halogens is 1. The van der Waals surface area contributed by atoms with Gasteiger partial charge in [-0.1, -0.05) is 29.8 Å². The second-order valence-corrected chi connectivity index (χ2v) is 6.09. The number of carbonyl (C=O) groups excluding carboxylic acids is 2. The summed E-state index contributed by atoms with van der Waals surface area (Å²) >= 11 is 5.90. The van der Waals surface area contributed by atoms with Crippen LogP contribution >= 0.6 is 11.6 Å². The molecule has 0 unspecified atom stereocenters. The largest absolute Gasteiger partial charge is 0.482 e. The average Bonchev–Trinajstić information content (AvgIpc) is 2.57. The molecule has 0 fully saturated rings. The number of amides is 1. The monoisotopic (exact) mass is 361 g/mol. The van der Waals surface area contributed by atoms with Crippen molar-refractivity contribution in [3.63, 3.8) is 0 Å². The van der Waals surface area contributed by atoms with Crippen LogP contribution in [-0.4, -0.2) is 25.1 Å². The highest BCUT2D eigenvalue weighted by molar-refractivity contribution is 6.31. The first-order valence-corrected chi connectivity index (χ1v) is 8.15. The number of anilines is 1. The van der Waals surface area contributed by atoms with Gasteiger partial charge in [0.15, 0.2) is 13.2 Å². The SMILES string of the molecule is Cc1ccc(Cl)cc1NC(=O)COC(=O)COc1cccc(C)c1C. The number of hydrogen-bond donors (Lipinski definition) is 1. The van der Waals surface area contributed by atoms with Gasteiger partial charge in [0.1, 0.15) is 5.75 Å². The zero-order valence-corrected chi connectivity index (χ0v) is 15.1. The highest BCUT2D eigenvalue weighted by Crippen LogP contribution is 2.21. The Hall–Kier alpha value is -2.53. The summed E-state index contributed by atoms with van der Waals surface area (Å²) in [6, 6.07) is 10.8. The maximum Gasteiger partial charge on any atom is 0.344 e. The molecule has 0 aliphatic heterocycles. The first kappa shape index (κ1) is 18.8. The number of rotatable bonds is 6. The van der Waals surface area contributed by atoms with Gasteiger partial charge < -0.3 is 14.8 Å². The van der Waals surface area contributed by atoms with Crippen LogP contribution in [0.4, 0.5) is 5.69 Å². The van der Waals surface area contributed by atoms with E-state index in [-0.39, 0.29) is 13.2 Å². The average molecular weight is 362 g/mol. The normalized spacial score (nSPS) is 10.2. The number of carbonyl (C=O) groups is 2. The Kier molecular flexibility index (Phi) is 6.42. The Bertz CT molecular complexity index is 789. The van der Waals surface area contributed by atoms with Crippen molar-refractivity contribution in [2.24, 2.45) is 0 Å². The molecule has 2 aromatic rings. The van der Waals surface area contributed by atoms with E-state index < -0.39 is 11.9 Å². The molecule has 132 valence electrons. The number of hydrogen-bond acceptors (Lipinski definition) is 4. The molecule has 0 atom stereocenters. The molecule has 0 bridgehead atoms. The van der Waals surface area contributed by atoms with Gasteiger partial charge in [-0.2, -0.15) is 0 Å². The number of aryl methyl sites for hydroxylation is 2. The Labute approximate surface area is 151 Å². The van der Waals surface area contributed by atoms with E-state index in [0.29, 0.717) is 16.5 Å². The van der Waals surface area contributed by atoms with Crippen molar-refractivity contribution in [1.82, 2.24) is 0 Å². The van der Waals surface area contributed by atoms with Crippen molar-refractivity contribution in [2.75, 3.05) is 18.5 Å². The van der Waals surface area contributed by atoms with Gasteiger partial charge in [0.25, 0.3) is 5.91 Å². The second kappa shape index (κ2) is 8.53. The molecule has 2 rings (SSSR count). The van der Waals surface area contributed by atoms with E-state index in [0.717, 1.165) is 16.7 Å². The van der Waals surface area contributed by atoms with Crippen molar-refractivity contribution in [1.29, 1.82) is 0 Å². The third-order valence-corrected chi connectivity index (χ3v) is 3.97. The Morgan fingerprint density at radius 2 is 1.80 bits per heavy atom. The van der Waals surface area contributed by atoms with E-state index >= 15 is 0 Å². The van der Waals surface area contributed by atoms with Gasteiger partial charge in [-0.05, 0) is 55.7 Å². The van der Waals surface area contributed by atoms with Gasteiger partial charge in [0, 0.05) is 10.7 Å².